The maximum atomic E-state index is 13.3. The van der Waals surface area contributed by atoms with Gasteiger partial charge in [0.15, 0.2) is 5.58 Å². The van der Waals surface area contributed by atoms with Gasteiger partial charge in [0.25, 0.3) is 0 Å². The Morgan fingerprint density at radius 2 is 0.989 bits per heavy atom. The maximum Gasteiger partial charge on any atom is 0.159 e. The van der Waals surface area contributed by atoms with E-state index in [1.807, 2.05) is 0 Å². The summed E-state index contributed by atoms with van der Waals surface area (Å²) >= 11 is 0. The van der Waals surface area contributed by atoms with Crippen LogP contribution in [0.5, 0.6) is 5.75 Å². The molecule has 4 heteroatoms. The fourth-order valence-corrected chi connectivity index (χ4v) is 15.7. The van der Waals surface area contributed by atoms with Crippen LogP contribution in [-0.2, 0) is 25.7 Å². The van der Waals surface area contributed by atoms with Crippen molar-refractivity contribution in [3.05, 3.63) is 240 Å². The Morgan fingerprint density at radius 1 is 0.398 bits per heavy atom. The van der Waals surface area contributed by atoms with Gasteiger partial charge >= 0.3 is 0 Å². The Bertz CT molecular complexity index is 4760. The molecule has 0 amide bonds. The van der Waals surface area contributed by atoms with Crippen LogP contribution in [0, 0.1) is 0 Å². The molecule has 0 aliphatic heterocycles. The zero-order chi connectivity index (χ0) is 59.4. The second-order valence-corrected chi connectivity index (χ2v) is 25.2. The van der Waals surface area contributed by atoms with Gasteiger partial charge in [-0.05, 0) is 206 Å². The van der Waals surface area contributed by atoms with Gasteiger partial charge in [0.1, 0.15) is 11.3 Å². The lowest BCUT2D eigenvalue weighted by Crippen LogP contribution is -2.14. The summed E-state index contributed by atoms with van der Waals surface area (Å²) in [5.41, 5.74) is 23.4. The number of nitrogens with one attached hydrogen (secondary N) is 1. The molecular formula is C84H78N2O2. The van der Waals surface area contributed by atoms with Crippen molar-refractivity contribution >= 4 is 82.7 Å². The third kappa shape index (κ3) is 9.68. The monoisotopic (exact) mass is 1150 g/mol. The van der Waals surface area contributed by atoms with Gasteiger partial charge < -0.3 is 19.7 Å². The van der Waals surface area contributed by atoms with Crippen molar-refractivity contribution in [1.29, 1.82) is 0 Å². The molecule has 0 unspecified atom stereocenters. The van der Waals surface area contributed by atoms with E-state index in [0.717, 1.165) is 117 Å². The number of hydrogen-bond donors (Lipinski definition) is 2. The number of hydrogen-bond acceptors (Lipinski definition) is 4. The van der Waals surface area contributed by atoms with E-state index in [0.29, 0.717) is 11.8 Å². The molecule has 1 heterocycles. The van der Waals surface area contributed by atoms with E-state index in [1.54, 1.807) is 0 Å². The molecule has 2 fully saturated rings. The number of aryl methyl sites for hydroxylation is 4. The van der Waals surface area contributed by atoms with Gasteiger partial charge in [0.05, 0.1) is 17.1 Å². The minimum atomic E-state index is 0.245. The quantitative estimate of drug-likeness (QED) is 0.0793. The van der Waals surface area contributed by atoms with Gasteiger partial charge in [-0.3, -0.25) is 0 Å². The fourth-order valence-electron chi connectivity index (χ4n) is 15.7. The Hall–Kier alpha value is -9.12. The van der Waals surface area contributed by atoms with Gasteiger partial charge in [0.2, 0.25) is 0 Å². The van der Waals surface area contributed by atoms with Gasteiger partial charge in [-0.2, -0.15) is 0 Å². The first-order valence-electron chi connectivity index (χ1n) is 33.0. The van der Waals surface area contributed by atoms with Crippen LogP contribution in [0.2, 0.25) is 0 Å². The average Bonchev–Trinajstić information content (AvgIpc) is 0.799. The van der Waals surface area contributed by atoms with Gasteiger partial charge in [-0.1, -0.05) is 218 Å². The predicted octanol–water partition coefficient (Wildman–Crippen LogP) is 24.4. The highest BCUT2D eigenvalue weighted by Gasteiger charge is 2.31. The first-order valence-corrected chi connectivity index (χ1v) is 33.0. The maximum absolute atomic E-state index is 13.3. The third-order valence-corrected chi connectivity index (χ3v) is 20.2. The molecule has 0 spiro atoms. The van der Waals surface area contributed by atoms with Crippen LogP contribution in [0.4, 0.5) is 28.4 Å². The van der Waals surface area contributed by atoms with Crippen molar-refractivity contribution in [3.8, 4) is 50.3 Å². The van der Waals surface area contributed by atoms with Crippen LogP contribution >= 0.6 is 0 Å². The molecule has 436 valence electrons. The number of phenolic OH excluding ortho intramolecular Hbond substituents is 1. The van der Waals surface area contributed by atoms with E-state index in [9.17, 15) is 5.11 Å². The zero-order valence-electron chi connectivity index (χ0n) is 51.5. The van der Waals surface area contributed by atoms with Crippen molar-refractivity contribution in [3.63, 3.8) is 0 Å². The summed E-state index contributed by atoms with van der Waals surface area (Å²) in [7, 11) is 0. The number of furan rings is 1. The first-order chi connectivity index (χ1) is 43.4. The number of phenols is 1. The molecule has 2 aliphatic carbocycles. The van der Waals surface area contributed by atoms with E-state index >= 15 is 0 Å². The first kappa shape index (κ1) is 55.5. The van der Waals surface area contributed by atoms with E-state index in [-0.39, 0.29) is 5.75 Å². The molecule has 1 aromatic heterocycles. The van der Waals surface area contributed by atoms with Crippen LogP contribution in [0.1, 0.15) is 137 Å². The minimum absolute atomic E-state index is 0.245. The molecule has 0 atom stereocenters. The van der Waals surface area contributed by atoms with E-state index in [2.05, 4.69) is 244 Å². The number of para-hydroxylation sites is 2. The molecule has 4 nitrogen and oxygen atoms in total. The minimum Gasteiger partial charge on any atom is -0.505 e. The van der Waals surface area contributed by atoms with Crippen molar-refractivity contribution < 1.29 is 9.52 Å². The molecular weight excluding hydrogens is 1070 g/mol. The fraction of sp³-hybridized carbons (Fsp3) is 0.238. The van der Waals surface area contributed by atoms with E-state index < -0.39 is 0 Å². The lowest BCUT2D eigenvalue weighted by Gasteiger charge is -2.32. The highest BCUT2D eigenvalue weighted by molar-refractivity contribution is 6.30. The number of rotatable bonds is 15. The predicted molar refractivity (Wildman–Crippen MR) is 374 cm³/mol. The van der Waals surface area contributed by atoms with Crippen molar-refractivity contribution in [2.75, 3.05) is 10.2 Å². The van der Waals surface area contributed by atoms with E-state index in [1.165, 1.54) is 134 Å². The molecule has 0 radical (unpaired) electrons. The number of anilines is 5. The smallest absolute Gasteiger partial charge is 0.159 e. The molecule has 2 N–H and O–H groups in total. The van der Waals surface area contributed by atoms with Crippen LogP contribution < -0.4 is 10.2 Å². The molecule has 2 aliphatic rings. The molecule has 2 saturated carbocycles. The van der Waals surface area contributed by atoms with E-state index in [4.69, 9.17) is 4.42 Å². The zero-order valence-corrected chi connectivity index (χ0v) is 51.5. The largest absolute Gasteiger partial charge is 0.505 e. The molecule has 13 aromatic rings. The highest BCUT2D eigenvalue weighted by atomic mass is 16.3. The van der Waals surface area contributed by atoms with Crippen LogP contribution in [-0.4, -0.2) is 5.11 Å². The summed E-state index contributed by atoms with van der Waals surface area (Å²) in [5, 5.41) is 27.2. The lowest BCUT2D eigenvalue weighted by molar-refractivity contribution is 0.445. The van der Waals surface area contributed by atoms with Crippen molar-refractivity contribution in [2.45, 2.75) is 129 Å². The normalized spacial score (nSPS) is 14.3. The van der Waals surface area contributed by atoms with Gasteiger partial charge in [-0.25, -0.2) is 0 Å². The number of aromatic hydroxyl groups is 1. The average molecular weight is 1150 g/mol. The lowest BCUT2D eigenvalue weighted by atomic mass is 9.76. The molecule has 15 rings (SSSR count). The third-order valence-electron chi connectivity index (χ3n) is 20.2. The highest BCUT2D eigenvalue weighted by Crippen LogP contribution is 2.55. The van der Waals surface area contributed by atoms with Crippen molar-refractivity contribution in [1.82, 2.24) is 0 Å². The Morgan fingerprint density at radius 3 is 1.74 bits per heavy atom. The molecule has 0 bridgehead atoms. The molecule has 12 aromatic carbocycles. The Labute approximate surface area is 518 Å². The summed E-state index contributed by atoms with van der Waals surface area (Å²) in [6.07, 6.45) is 15.9. The van der Waals surface area contributed by atoms with Crippen LogP contribution in [0.25, 0.3) is 98.8 Å². The standard InChI is InChI=1S/C84H78N2O2/c1-5-53-24-19-34-61(48-53)85-81-69(46-43-66(82(81)87)60-33-21-32-59(50-60)63-36-17-15-26-55(63)7-3)75-51-76-74(58-30-13-10-14-31-58)52-78(73-47-45-67-65(57-28-11-9-12-29-57)42-44-68(75)79(67)80(73)76)86(62-35-20-25-54(6-2)49-62)77-41-23-40-72-71-39-22-38-70(83(71)88-84(72)77)64-37-18-16-27-56(64)8-4/h15-27,32-52,57-58,85,87H,5-14,28-31H2,1-4H3. The topological polar surface area (TPSA) is 48.6 Å². The Kier molecular flexibility index (Phi) is 14.8. The summed E-state index contributed by atoms with van der Waals surface area (Å²) < 4.78 is 7.45. The second kappa shape index (κ2) is 23.5. The van der Waals surface area contributed by atoms with Crippen LogP contribution in [0.15, 0.2) is 211 Å². The van der Waals surface area contributed by atoms with Gasteiger partial charge in [0, 0.05) is 44.2 Å². The van der Waals surface area contributed by atoms with Crippen molar-refractivity contribution in [2.24, 2.45) is 0 Å². The summed E-state index contributed by atoms with van der Waals surface area (Å²) in [5.74, 6) is 1.08. The summed E-state index contributed by atoms with van der Waals surface area (Å²) in [6, 6.07) is 77.2. The molecule has 0 saturated heterocycles. The summed E-state index contributed by atoms with van der Waals surface area (Å²) in [6.45, 7) is 8.94. The SMILES string of the molecule is CCc1cccc(Nc2c(-c3cc4c(C5CCCCC5)cc(N(c5cccc(CC)c5)c5cccc6c5oc5c(-c7ccccc7CC)cccc56)c5ccc6c(C7CCCCC7)ccc3c6c45)ccc(-c3cccc(-c4ccccc4CC)c3)c2O)c1. The summed E-state index contributed by atoms with van der Waals surface area (Å²) in [4.78, 5) is 2.56. The second-order valence-electron chi connectivity index (χ2n) is 25.2. The number of nitrogens with zero attached hydrogens (tertiary/aromatic N) is 1. The number of fused-ring (bicyclic) bond motifs is 3. The molecule has 88 heavy (non-hydrogen) atoms. The Balaban J connectivity index is 1.02. The number of benzene rings is 12. The van der Waals surface area contributed by atoms with Crippen LogP contribution in [0.3, 0.4) is 0 Å². The van der Waals surface area contributed by atoms with Gasteiger partial charge in [-0.15, -0.1) is 0 Å².